The van der Waals surface area contributed by atoms with Gasteiger partial charge in [0.15, 0.2) is 0 Å². The van der Waals surface area contributed by atoms with E-state index in [-0.39, 0.29) is 28.8 Å². The van der Waals surface area contributed by atoms with E-state index >= 15 is 0 Å². The third kappa shape index (κ3) is 2.97. The molecule has 2 N–H and O–H groups in total. The van der Waals surface area contributed by atoms with Gasteiger partial charge in [-0.1, -0.05) is 29.8 Å². The first kappa shape index (κ1) is 15.0. The molecule has 1 aromatic carbocycles. The van der Waals surface area contributed by atoms with Gasteiger partial charge < -0.3 is 0 Å². The zero-order valence-electron chi connectivity index (χ0n) is 11.6. The van der Waals surface area contributed by atoms with E-state index in [2.05, 4.69) is 20.5 Å². The molecule has 2 atom stereocenters. The van der Waals surface area contributed by atoms with Crippen LogP contribution in [-0.4, -0.2) is 35.8 Å². The maximum Gasteiger partial charge on any atom is 0.249 e. The van der Waals surface area contributed by atoms with Crippen molar-refractivity contribution in [2.24, 2.45) is 5.92 Å². The summed E-state index contributed by atoms with van der Waals surface area (Å²) in [7, 11) is -3.48. The van der Waals surface area contributed by atoms with Gasteiger partial charge in [0.1, 0.15) is 0 Å². The normalized spacial score (nSPS) is 20.6. The van der Waals surface area contributed by atoms with Crippen LogP contribution in [0.3, 0.4) is 0 Å². The highest BCUT2D eigenvalue weighted by atomic mass is 35.5. The third-order valence-corrected chi connectivity index (χ3v) is 4.71. The van der Waals surface area contributed by atoms with Crippen molar-refractivity contribution >= 4 is 33.3 Å². The van der Waals surface area contributed by atoms with Crippen molar-refractivity contribution < 1.29 is 13.2 Å². The summed E-state index contributed by atoms with van der Waals surface area (Å²) < 4.78 is 22.6. The van der Waals surface area contributed by atoms with Crippen LogP contribution < -0.4 is 5.32 Å². The summed E-state index contributed by atoms with van der Waals surface area (Å²) in [5.74, 6) is -0.429. The number of halogens is 1. The summed E-state index contributed by atoms with van der Waals surface area (Å²) >= 11 is 6.11. The Morgan fingerprint density at radius 1 is 1.41 bits per heavy atom. The minimum absolute atomic E-state index is 0.0461. The van der Waals surface area contributed by atoms with Gasteiger partial charge in [0.05, 0.1) is 0 Å². The summed E-state index contributed by atoms with van der Waals surface area (Å²) in [5.41, 5.74) is 0.941. The smallest absolute Gasteiger partial charge is 0.249 e. The predicted octanol–water partition coefficient (Wildman–Crippen LogP) is 1.60. The average Bonchev–Trinajstić information content (AvgIpc) is 3.09. The number of hydrogen-bond donors (Lipinski definition) is 2. The lowest BCUT2D eigenvalue weighted by atomic mass is 10.1. The molecule has 0 unspecified atom stereocenters. The number of aromatic nitrogens is 3. The third-order valence-electron chi connectivity index (χ3n) is 3.48. The van der Waals surface area contributed by atoms with Gasteiger partial charge in [0, 0.05) is 17.2 Å². The number of nitrogens with zero attached hydrogens (tertiary/aromatic N) is 2. The van der Waals surface area contributed by atoms with Crippen molar-refractivity contribution in [1.29, 1.82) is 0 Å². The highest BCUT2D eigenvalue weighted by Crippen LogP contribution is 2.49. The summed E-state index contributed by atoms with van der Waals surface area (Å²) in [6.07, 6.45) is 1.70. The minimum Gasteiger partial charge on any atom is -0.293 e. The van der Waals surface area contributed by atoms with Gasteiger partial charge in [-0.15, -0.1) is 5.10 Å². The number of benzene rings is 1. The first-order valence-corrected chi connectivity index (χ1v) is 8.81. The Balaban J connectivity index is 1.67. The number of anilines is 1. The topological polar surface area (TPSA) is 105 Å². The van der Waals surface area contributed by atoms with Crippen LogP contribution in [0.2, 0.25) is 5.02 Å². The Hall–Kier alpha value is -1.93. The summed E-state index contributed by atoms with van der Waals surface area (Å²) in [5, 5.41) is 8.83. The van der Waals surface area contributed by atoms with Crippen LogP contribution in [0.15, 0.2) is 29.4 Å². The lowest BCUT2D eigenvalue weighted by molar-refractivity contribution is -0.117. The van der Waals surface area contributed by atoms with Gasteiger partial charge in [0.25, 0.3) is 0 Å². The quantitative estimate of drug-likeness (QED) is 0.879. The van der Waals surface area contributed by atoms with Crippen molar-refractivity contribution in [1.82, 2.24) is 15.2 Å². The fourth-order valence-electron chi connectivity index (χ4n) is 2.28. The van der Waals surface area contributed by atoms with Crippen LogP contribution in [0.25, 0.3) is 0 Å². The second-order valence-corrected chi connectivity index (χ2v) is 7.53. The van der Waals surface area contributed by atoms with Crippen molar-refractivity contribution in [3.63, 3.8) is 0 Å². The number of hydrogen-bond acceptors (Lipinski definition) is 5. The first-order chi connectivity index (χ1) is 10.4. The van der Waals surface area contributed by atoms with Crippen LogP contribution in [0, 0.1) is 5.92 Å². The van der Waals surface area contributed by atoms with E-state index in [0.29, 0.717) is 11.4 Å². The molecule has 1 saturated carbocycles. The van der Waals surface area contributed by atoms with Gasteiger partial charge in [0.2, 0.25) is 26.8 Å². The van der Waals surface area contributed by atoms with Crippen LogP contribution in [-0.2, 0) is 14.6 Å². The first-order valence-electron chi connectivity index (χ1n) is 6.54. The summed E-state index contributed by atoms with van der Waals surface area (Å²) in [6, 6.07) is 7.40. The number of carbonyl (C=O) groups excluding carboxylic acids is 1. The molecule has 0 aliphatic heterocycles. The fourth-order valence-corrected chi connectivity index (χ4v) is 3.02. The van der Waals surface area contributed by atoms with Gasteiger partial charge in [-0.05, 0) is 24.0 Å². The lowest BCUT2D eigenvalue weighted by Gasteiger charge is -2.03. The molecular weight excluding hydrogens is 328 g/mol. The molecule has 1 amide bonds. The lowest BCUT2D eigenvalue weighted by Crippen LogP contribution is -2.15. The zero-order valence-corrected chi connectivity index (χ0v) is 13.1. The van der Waals surface area contributed by atoms with E-state index in [9.17, 15) is 13.2 Å². The fraction of sp³-hybridized carbons (Fsp3) is 0.308. The summed E-state index contributed by atoms with van der Waals surface area (Å²) in [6.45, 7) is 0. The molecule has 1 aromatic heterocycles. The Morgan fingerprint density at radius 2 is 2.14 bits per heavy atom. The van der Waals surface area contributed by atoms with Crippen molar-refractivity contribution in [2.45, 2.75) is 17.5 Å². The van der Waals surface area contributed by atoms with Crippen LogP contribution in [0.1, 0.15) is 17.9 Å². The molecule has 0 spiro atoms. The maximum absolute atomic E-state index is 12.1. The minimum atomic E-state index is -3.48. The van der Waals surface area contributed by atoms with Gasteiger partial charge in [-0.25, -0.2) is 13.5 Å². The Labute approximate surface area is 132 Å². The molecule has 0 radical (unpaired) electrons. The number of nitrogens with one attached hydrogen (secondary N) is 2. The number of sulfone groups is 1. The number of carbonyl (C=O) groups is 1. The van der Waals surface area contributed by atoms with Crippen LogP contribution in [0.5, 0.6) is 0 Å². The van der Waals surface area contributed by atoms with Crippen LogP contribution >= 0.6 is 11.6 Å². The van der Waals surface area contributed by atoms with Crippen LogP contribution in [0.4, 0.5) is 5.95 Å². The Morgan fingerprint density at radius 3 is 2.77 bits per heavy atom. The molecule has 0 saturated heterocycles. The van der Waals surface area contributed by atoms with E-state index in [1.54, 1.807) is 6.07 Å². The molecule has 1 fully saturated rings. The highest BCUT2D eigenvalue weighted by Gasteiger charge is 2.45. The zero-order chi connectivity index (χ0) is 15.9. The standard InChI is InChI=1S/C13H13ClN4O3S/c1-22(20,21)13-16-12(17-18-13)15-11(19)9-6-8(9)7-4-2-3-5-10(7)14/h2-5,8-9H,6H2,1H3,(H2,15,16,17,18,19)/t8-,9+/m1/s1. The molecule has 9 heteroatoms. The largest absolute Gasteiger partial charge is 0.293 e. The van der Waals surface area contributed by atoms with Gasteiger partial charge in [-0.2, -0.15) is 4.98 Å². The van der Waals surface area contributed by atoms with E-state index in [1.165, 1.54) is 0 Å². The van der Waals surface area contributed by atoms with E-state index in [0.717, 1.165) is 11.8 Å². The molecule has 1 aliphatic rings. The molecular formula is C13H13ClN4O3S. The van der Waals surface area contributed by atoms with Gasteiger partial charge >= 0.3 is 0 Å². The predicted molar refractivity (Wildman–Crippen MR) is 80.4 cm³/mol. The molecule has 3 rings (SSSR count). The molecule has 22 heavy (non-hydrogen) atoms. The van der Waals surface area contributed by atoms with Crippen molar-refractivity contribution in [2.75, 3.05) is 11.6 Å². The number of aromatic amines is 1. The maximum atomic E-state index is 12.1. The van der Waals surface area contributed by atoms with Gasteiger partial charge in [-0.3, -0.25) is 10.1 Å². The molecule has 2 aromatic rings. The van der Waals surface area contributed by atoms with Crippen molar-refractivity contribution in [3.05, 3.63) is 34.9 Å². The van der Waals surface area contributed by atoms with E-state index < -0.39 is 9.84 Å². The monoisotopic (exact) mass is 340 g/mol. The second-order valence-electron chi connectivity index (χ2n) is 5.20. The second kappa shape index (κ2) is 5.36. The SMILES string of the molecule is CS(=O)(=O)c1nc(NC(=O)[C@H]2C[C@@H]2c2ccccc2Cl)n[nH]1. The highest BCUT2D eigenvalue weighted by molar-refractivity contribution is 7.90. The molecule has 7 nitrogen and oxygen atoms in total. The van der Waals surface area contributed by atoms with E-state index in [4.69, 9.17) is 11.6 Å². The molecule has 1 heterocycles. The molecule has 116 valence electrons. The van der Waals surface area contributed by atoms with Crippen molar-refractivity contribution in [3.8, 4) is 0 Å². The molecule has 0 bridgehead atoms. The Bertz CT molecular complexity index is 833. The average molecular weight is 341 g/mol. The number of amides is 1. The number of H-pyrrole nitrogens is 1. The van der Waals surface area contributed by atoms with E-state index in [1.807, 2.05) is 18.2 Å². The summed E-state index contributed by atoms with van der Waals surface area (Å²) in [4.78, 5) is 15.9. The number of rotatable bonds is 4. The Kier molecular flexibility index (Phi) is 3.65. The molecule has 1 aliphatic carbocycles.